The minimum Gasteiger partial charge on any atom is -0.315 e. The van der Waals surface area contributed by atoms with E-state index in [9.17, 15) is 9.59 Å². The van der Waals surface area contributed by atoms with E-state index in [2.05, 4.69) is 9.97 Å². The zero-order valence-corrected chi connectivity index (χ0v) is 9.41. The lowest BCUT2D eigenvalue weighted by Gasteiger charge is -1.91. The first kappa shape index (κ1) is 9.62. The molecule has 1 aromatic carbocycles. The van der Waals surface area contributed by atoms with Crippen molar-refractivity contribution in [1.29, 1.82) is 0 Å². The van der Waals surface area contributed by atoms with Gasteiger partial charge in [-0.2, -0.15) is 0 Å². The SMILES string of the molecule is O=c1[nH]c2sc3c(Cl)cccc3c2[nH]c1=O. The van der Waals surface area contributed by atoms with Gasteiger partial charge in [-0.15, -0.1) is 11.3 Å². The molecular formula is C10H5ClN2O2S. The van der Waals surface area contributed by atoms with Crippen molar-refractivity contribution < 1.29 is 0 Å². The fourth-order valence-corrected chi connectivity index (χ4v) is 2.97. The Morgan fingerprint density at radius 3 is 2.69 bits per heavy atom. The Labute approximate surface area is 97.5 Å². The van der Waals surface area contributed by atoms with Crippen LogP contribution in [0.5, 0.6) is 0 Å². The lowest BCUT2D eigenvalue weighted by Crippen LogP contribution is -2.28. The molecule has 2 N–H and O–H groups in total. The molecule has 0 aliphatic heterocycles. The number of benzene rings is 1. The summed E-state index contributed by atoms with van der Waals surface area (Å²) >= 11 is 7.39. The molecule has 0 unspecified atom stereocenters. The van der Waals surface area contributed by atoms with Crippen LogP contribution in [0.3, 0.4) is 0 Å². The Morgan fingerprint density at radius 1 is 1.12 bits per heavy atom. The average molecular weight is 253 g/mol. The maximum Gasteiger partial charge on any atom is 0.314 e. The highest BCUT2D eigenvalue weighted by Crippen LogP contribution is 2.34. The number of aromatic nitrogens is 2. The van der Waals surface area contributed by atoms with Gasteiger partial charge < -0.3 is 9.97 Å². The van der Waals surface area contributed by atoms with Crippen LogP contribution in [0, 0.1) is 0 Å². The number of hydrogen-bond acceptors (Lipinski definition) is 3. The van der Waals surface area contributed by atoms with E-state index in [1.165, 1.54) is 11.3 Å². The van der Waals surface area contributed by atoms with E-state index in [1.807, 2.05) is 6.07 Å². The monoisotopic (exact) mass is 252 g/mol. The number of hydrogen-bond donors (Lipinski definition) is 2. The van der Waals surface area contributed by atoms with Crippen molar-refractivity contribution in [2.45, 2.75) is 0 Å². The fourth-order valence-electron chi connectivity index (χ4n) is 1.63. The third kappa shape index (κ3) is 1.22. The predicted octanol–water partition coefficient (Wildman–Crippen LogP) is 2.08. The van der Waals surface area contributed by atoms with E-state index in [1.54, 1.807) is 12.1 Å². The summed E-state index contributed by atoms with van der Waals surface area (Å²) in [5.41, 5.74) is -0.658. The Hall–Kier alpha value is -1.59. The molecule has 4 nitrogen and oxygen atoms in total. The molecule has 0 amide bonds. The van der Waals surface area contributed by atoms with Crippen molar-refractivity contribution >= 4 is 43.4 Å². The van der Waals surface area contributed by atoms with Gasteiger partial charge in [0.15, 0.2) is 0 Å². The van der Waals surface area contributed by atoms with Crippen LogP contribution in [0.25, 0.3) is 20.4 Å². The highest BCUT2D eigenvalue weighted by Gasteiger charge is 2.09. The number of H-pyrrole nitrogens is 2. The van der Waals surface area contributed by atoms with Gasteiger partial charge in [0.2, 0.25) is 0 Å². The van der Waals surface area contributed by atoms with Crippen LogP contribution >= 0.6 is 22.9 Å². The second kappa shape index (κ2) is 3.20. The standard InChI is InChI=1S/C10H5ClN2O2S/c11-5-3-1-2-4-6-10(16-7(4)5)13-9(15)8(14)12-6/h1-3H,(H,12,14)(H,13,15). The van der Waals surface area contributed by atoms with Crippen LogP contribution in [0.2, 0.25) is 5.02 Å². The molecule has 2 aromatic heterocycles. The average Bonchev–Trinajstić information content (AvgIpc) is 2.59. The molecule has 0 saturated heterocycles. The fraction of sp³-hybridized carbons (Fsp3) is 0. The van der Waals surface area contributed by atoms with Crippen LogP contribution in [-0.4, -0.2) is 9.97 Å². The van der Waals surface area contributed by atoms with Crippen molar-refractivity contribution in [3.8, 4) is 0 Å². The van der Waals surface area contributed by atoms with E-state index in [0.29, 0.717) is 15.4 Å². The molecule has 0 fully saturated rings. The quantitative estimate of drug-likeness (QED) is 0.602. The molecule has 2 heterocycles. The number of halogens is 1. The second-order valence-corrected chi connectivity index (χ2v) is 4.76. The molecule has 80 valence electrons. The lowest BCUT2D eigenvalue weighted by atomic mass is 10.2. The minimum absolute atomic E-state index is 0.611. The highest BCUT2D eigenvalue weighted by atomic mass is 35.5. The summed E-state index contributed by atoms with van der Waals surface area (Å²) in [6, 6.07) is 5.43. The second-order valence-electron chi connectivity index (χ2n) is 3.33. The van der Waals surface area contributed by atoms with Gasteiger partial charge in [0, 0.05) is 5.39 Å². The van der Waals surface area contributed by atoms with Gasteiger partial charge in [-0.05, 0) is 6.07 Å². The first-order chi connectivity index (χ1) is 7.66. The van der Waals surface area contributed by atoms with E-state index in [0.717, 1.165) is 10.1 Å². The van der Waals surface area contributed by atoms with Crippen LogP contribution in [-0.2, 0) is 0 Å². The van der Waals surface area contributed by atoms with Gasteiger partial charge in [0.1, 0.15) is 4.83 Å². The van der Waals surface area contributed by atoms with E-state index in [4.69, 9.17) is 11.6 Å². The maximum atomic E-state index is 11.2. The molecule has 0 aliphatic rings. The van der Waals surface area contributed by atoms with Crippen LogP contribution < -0.4 is 11.1 Å². The molecule has 0 atom stereocenters. The van der Waals surface area contributed by atoms with E-state index >= 15 is 0 Å². The summed E-state index contributed by atoms with van der Waals surface area (Å²) in [4.78, 5) is 28.1. The Balaban J connectivity index is 2.67. The molecular weight excluding hydrogens is 248 g/mol. The van der Waals surface area contributed by atoms with Crippen molar-refractivity contribution in [3.05, 3.63) is 43.9 Å². The van der Waals surface area contributed by atoms with Crippen molar-refractivity contribution in [1.82, 2.24) is 9.97 Å². The van der Waals surface area contributed by atoms with Crippen molar-refractivity contribution in [3.63, 3.8) is 0 Å². The largest absolute Gasteiger partial charge is 0.315 e. The Morgan fingerprint density at radius 2 is 1.88 bits per heavy atom. The summed E-state index contributed by atoms with van der Waals surface area (Å²) in [6.07, 6.45) is 0. The summed E-state index contributed by atoms with van der Waals surface area (Å²) in [5.74, 6) is 0. The third-order valence-corrected chi connectivity index (χ3v) is 3.92. The molecule has 3 aromatic rings. The summed E-state index contributed by atoms with van der Waals surface area (Å²) < 4.78 is 0.858. The minimum atomic E-state index is -0.646. The van der Waals surface area contributed by atoms with E-state index in [-0.39, 0.29) is 0 Å². The van der Waals surface area contributed by atoms with Gasteiger partial charge in [0.05, 0.1) is 15.2 Å². The predicted molar refractivity (Wildman–Crippen MR) is 65.6 cm³/mol. The smallest absolute Gasteiger partial charge is 0.314 e. The Bertz CT molecular complexity index is 815. The van der Waals surface area contributed by atoms with Gasteiger partial charge in [-0.1, -0.05) is 23.7 Å². The van der Waals surface area contributed by atoms with E-state index < -0.39 is 11.1 Å². The maximum absolute atomic E-state index is 11.2. The number of nitrogens with one attached hydrogen (secondary N) is 2. The highest BCUT2D eigenvalue weighted by molar-refractivity contribution is 7.25. The van der Waals surface area contributed by atoms with Gasteiger partial charge in [-0.25, -0.2) is 0 Å². The molecule has 16 heavy (non-hydrogen) atoms. The van der Waals surface area contributed by atoms with Crippen LogP contribution in [0.1, 0.15) is 0 Å². The first-order valence-corrected chi connectivity index (χ1v) is 5.69. The summed E-state index contributed by atoms with van der Waals surface area (Å²) in [5, 5.41) is 1.46. The zero-order chi connectivity index (χ0) is 11.3. The van der Waals surface area contributed by atoms with Gasteiger partial charge >= 0.3 is 11.1 Å². The third-order valence-electron chi connectivity index (χ3n) is 2.34. The number of aromatic amines is 2. The first-order valence-electron chi connectivity index (χ1n) is 4.50. The van der Waals surface area contributed by atoms with Crippen molar-refractivity contribution in [2.24, 2.45) is 0 Å². The number of fused-ring (bicyclic) bond motifs is 3. The molecule has 0 aliphatic carbocycles. The molecule has 0 saturated carbocycles. The molecule has 3 rings (SSSR count). The number of rotatable bonds is 0. The summed E-state index contributed by atoms with van der Waals surface area (Å²) in [6.45, 7) is 0. The number of thiophene rings is 1. The Kier molecular flexibility index (Phi) is 1.92. The topological polar surface area (TPSA) is 65.7 Å². The van der Waals surface area contributed by atoms with Crippen molar-refractivity contribution in [2.75, 3.05) is 0 Å². The molecule has 0 radical (unpaired) electrons. The van der Waals surface area contributed by atoms with Crippen LogP contribution in [0.4, 0.5) is 0 Å². The van der Waals surface area contributed by atoms with Gasteiger partial charge in [-0.3, -0.25) is 9.59 Å². The lowest BCUT2D eigenvalue weighted by molar-refractivity contribution is 1.16. The molecule has 0 bridgehead atoms. The summed E-state index contributed by atoms with van der Waals surface area (Å²) in [7, 11) is 0. The van der Waals surface area contributed by atoms with Gasteiger partial charge in [0.25, 0.3) is 0 Å². The molecule has 6 heteroatoms. The van der Waals surface area contributed by atoms with Crippen LogP contribution in [0.15, 0.2) is 27.8 Å². The normalized spacial score (nSPS) is 11.3. The molecule has 0 spiro atoms. The zero-order valence-electron chi connectivity index (χ0n) is 7.83.